The number of aliphatic hydroxyl groups excluding tert-OH is 1. The van der Waals surface area contributed by atoms with Gasteiger partial charge in [-0.2, -0.15) is 5.26 Å². The van der Waals surface area contributed by atoms with Crippen molar-refractivity contribution in [1.82, 2.24) is 0 Å². The Morgan fingerprint density at radius 3 is 2.74 bits per heavy atom. The molecule has 6 heteroatoms. The van der Waals surface area contributed by atoms with Crippen LogP contribution in [0, 0.1) is 11.3 Å². The Morgan fingerprint density at radius 2 is 2.11 bits per heavy atom. The Labute approximate surface area is 111 Å². The van der Waals surface area contributed by atoms with Gasteiger partial charge < -0.3 is 24.1 Å². The van der Waals surface area contributed by atoms with Crippen molar-refractivity contribution in [1.29, 1.82) is 5.26 Å². The molecule has 0 fully saturated rings. The lowest BCUT2D eigenvalue weighted by molar-refractivity contribution is 0.170. The first-order valence-corrected chi connectivity index (χ1v) is 5.79. The van der Waals surface area contributed by atoms with Crippen LogP contribution in [0.2, 0.25) is 0 Å². The molecule has 1 N–H and O–H groups in total. The topological polar surface area (TPSA) is 80.9 Å². The summed E-state index contributed by atoms with van der Waals surface area (Å²) in [6.45, 7) is 0.124. The number of benzene rings is 1. The van der Waals surface area contributed by atoms with E-state index in [0.29, 0.717) is 28.6 Å². The second-order valence-electron chi connectivity index (χ2n) is 4.06. The monoisotopic (exact) mass is 265 g/mol. The molecule has 6 nitrogen and oxygen atoms in total. The van der Waals surface area contributed by atoms with E-state index >= 15 is 0 Å². The summed E-state index contributed by atoms with van der Waals surface area (Å²) in [6.07, 6.45) is -0.423. The molecule has 1 heterocycles. The van der Waals surface area contributed by atoms with Crippen molar-refractivity contribution in [2.45, 2.75) is 18.9 Å². The molecule has 0 bridgehead atoms. The fourth-order valence-corrected chi connectivity index (χ4v) is 2.04. The number of methoxy groups -OCH3 is 2. The van der Waals surface area contributed by atoms with Gasteiger partial charge in [0.1, 0.15) is 0 Å². The van der Waals surface area contributed by atoms with Gasteiger partial charge in [-0.05, 0) is 6.07 Å². The van der Waals surface area contributed by atoms with Crippen LogP contribution >= 0.6 is 0 Å². The van der Waals surface area contributed by atoms with Gasteiger partial charge in [-0.25, -0.2) is 0 Å². The van der Waals surface area contributed by atoms with Gasteiger partial charge in [0.15, 0.2) is 11.5 Å². The van der Waals surface area contributed by atoms with Crippen molar-refractivity contribution >= 4 is 0 Å². The molecule has 1 aliphatic rings. The molecular weight excluding hydrogens is 250 g/mol. The van der Waals surface area contributed by atoms with Crippen LogP contribution < -0.4 is 18.9 Å². The highest BCUT2D eigenvalue weighted by molar-refractivity contribution is 5.63. The second kappa shape index (κ2) is 5.67. The third-order valence-electron chi connectivity index (χ3n) is 2.84. The Hall–Kier alpha value is -2.13. The van der Waals surface area contributed by atoms with Crippen LogP contribution in [0.4, 0.5) is 0 Å². The number of rotatable bonds is 5. The van der Waals surface area contributed by atoms with E-state index in [0.717, 1.165) is 0 Å². The maximum atomic E-state index is 9.74. The van der Waals surface area contributed by atoms with E-state index in [4.69, 9.17) is 24.2 Å². The van der Waals surface area contributed by atoms with Crippen molar-refractivity contribution in [3.8, 4) is 29.1 Å². The fourth-order valence-electron chi connectivity index (χ4n) is 2.04. The van der Waals surface area contributed by atoms with E-state index in [1.54, 1.807) is 6.07 Å². The summed E-state index contributed by atoms with van der Waals surface area (Å²) in [5.41, 5.74) is 0.714. The summed E-state index contributed by atoms with van der Waals surface area (Å²) in [6, 6.07) is 3.67. The average molecular weight is 265 g/mol. The maximum absolute atomic E-state index is 9.74. The van der Waals surface area contributed by atoms with Gasteiger partial charge >= 0.3 is 0 Å². The molecule has 1 atom stereocenters. The maximum Gasteiger partial charge on any atom is 0.231 e. The predicted molar refractivity (Wildman–Crippen MR) is 65.6 cm³/mol. The van der Waals surface area contributed by atoms with Gasteiger partial charge in [0.25, 0.3) is 0 Å². The number of fused-ring (bicyclic) bond motifs is 1. The van der Waals surface area contributed by atoms with Crippen LogP contribution in [0.5, 0.6) is 23.0 Å². The zero-order chi connectivity index (χ0) is 13.8. The number of nitrogens with zero attached hydrogens (tertiary/aromatic N) is 1. The Morgan fingerprint density at radius 1 is 1.37 bits per heavy atom. The minimum absolute atomic E-state index is 0.0555. The van der Waals surface area contributed by atoms with Crippen molar-refractivity contribution in [3.05, 3.63) is 11.6 Å². The highest BCUT2D eigenvalue weighted by Crippen LogP contribution is 2.49. The molecule has 1 aliphatic heterocycles. The van der Waals surface area contributed by atoms with E-state index in [1.807, 2.05) is 6.07 Å². The Balaban J connectivity index is 2.40. The third kappa shape index (κ3) is 2.51. The van der Waals surface area contributed by atoms with E-state index in [-0.39, 0.29) is 19.6 Å². The minimum Gasteiger partial charge on any atom is -0.492 e. The largest absolute Gasteiger partial charge is 0.492 e. The number of aliphatic hydroxyl groups is 1. The van der Waals surface area contributed by atoms with E-state index in [2.05, 4.69) is 0 Å². The zero-order valence-corrected chi connectivity index (χ0v) is 10.8. The number of hydrogen-bond acceptors (Lipinski definition) is 6. The first-order valence-electron chi connectivity index (χ1n) is 5.79. The molecule has 0 aromatic heterocycles. The highest BCUT2D eigenvalue weighted by Gasteiger charge is 2.26. The molecule has 1 unspecified atom stereocenters. The van der Waals surface area contributed by atoms with Gasteiger partial charge in [-0.1, -0.05) is 0 Å². The summed E-state index contributed by atoms with van der Waals surface area (Å²) in [4.78, 5) is 0. The molecule has 0 spiro atoms. The first-order chi connectivity index (χ1) is 9.21. The lowest BCUT2D eigenvalue weighted by Crippen LogP contribution is -2.10. The molecule has 0 aliphatic carbocycles. The van der Waals surface area contributed by atoms with Crippen molar-refractivity contribution in [2.75, 3.05) is 21.0 Å². The fraction of sp³-hybridized carbons (Fsp3) is 0.462. The molecule has 0 saturated heterocycles. The third-order valence-corrected chi connectivity index (χ3v) is 2.84. The Bertz CT molecular complexity index is 509. The van der Waals surface area contributed by atoms with Crippen LogP contribution in [0.15, 0.2) is 6.07 Å². The predicted octanol–water partition coefficient (Wildman–Crippen LogP) is 1.25. The number of ether oxygens (including phenoxy) is 4. The number of hydrogen-bond donors (Lipinski definition) is 1. The minimum atomic E-state index is -0.760. The molecule has 1 aromatic rings. The van der Waals surface area contributed by atoms with Crippen molar-refractivity contribution in [3.63, 3.8) is 0 Å². The SMILES string of the molecule is COc1c(CC(O)CC#N)cc2c(c1OC)OCO2. The van der Waals surface area contributed by atoms with Gasteiger partial charge in [-0.15, -0.1) is 0 Å². The zero-order valence-electron chi connectivity index (χ0n) is 10.8. The van der Waals surface area contributed by atoms with E-state index in [9.17, 15) is 5.11 Å². The van der Waals surface area contributed by atoms with Crippen LogP contribution in [0.1, 0.15) is 12.0 Å². The second-order valence-corrected chi connectivity index (χ2v) is 4.06. The lowest BCUT2D eigenvalue weighted by Gasteiger charge is -2.16. The van der Waals surface area contributed by atoms with Gasteiger partial charge in [0.2, 0.25) is 18.3 Å². The quantitative estimate of drug-likeness (QED) is 0.863. The van der Waals surface area contributed by atoms with Crippen LogP contribution in [0.25, 0.3) is 0 Å². The summed E-state index contributed by atoms with van der Waals surface area (Å²) >= 11 is 0. The summed E-state index contributed by atoms with van der Waals surface area (Å²) in [5.74, 6) is 1.98. The first kappa shape index (κ1) is 13.3. The molecule has 102 valence electrons. The van der Waals surface area contributed by atoms with Crippen LogP contribution in [-0.2, 0) is 6.42 Å². The molecule has 0 amide bonds. The van der Waals surface area contributed by atoms with Crippen LogP contribution in [0.3, 0.4) is 0 Å². The normalized spacial score (nSPS) is 13.8. The lowest BCUT2D eigenvalue weighted by atomic mass is 10.0. The average Bonchev–Trinajstić information content (AvgIpc) is 2.85. The summed E-state index contributed by atoms with van der Waals surface area (Å²) in [7, 11) is 3.02. The summed E-state index contributed by atoms with van der Waals surface area (Å²) < 4.78 is 21.2. The smallest absolute Gasteiger partial charge is 0.231 e. The van der Waals surface area contributed by atoms with E-state index < -0.39 is 6.10 Å². The molecule has 2 rings (SSSR count). The van der Waals surface area contributed by atoms with Crippen LogP contribution in [-0.4, -0.2) is 32.2 Å². The molecule has 1 aromatic carbocycles. The van der Waals surface area contributed by atoms with E-state index in [1.165, 1.54) is 14.2 Å². The van der Waals surface area contributed by atoms with Crippen molar-refractivity contribution < 1.29 is 24.1 Å². The number of nitriles is 1. The standard InChI is InChI=1S/C13H15NO5/c1-16-11-8(5-9(15)3-4-14)6-10-12(13(11)17-2)19-7-18-10/h6,9,15H,3,5,7H2,1-2H3. The molecule has 19 heavy (non-hydrogen) atoms. The van der Waals surface area contributed by atoms with Gasteiger partial charge in [0.05, 0.1) is 32.8 Å². The summed E-state index contributed by atoms with van der Waals surface area (Å²) in [5, 5.41) is 18.3. The molecular formula is C13H15NO5. The molecule has 0 radical (unpaired) electrons. The molecule has 0 saturated carbocycles. The van der Waals surface area contributed by atoms with Crippen molar-refractivity contribution in [2.24, 2.45) is 0 Å². The highest BCUT2D eigenvalue weighted by atomic mass is 16.7. The van der Waals surface area contributed by atoms with Gasteiger partial charge in [0, 0.05) is 12.0 Å². The Kier molecular flexibility index (Phi) is 3.97. The van der Waals surface area contributed by atoms with Gasteiger partial charge in [-0.3, -0.25) is 0 Å².